The maximum Gasteiger partial charge on any atom is 0.573 e. The molecule has 1 heterocycles. The minimum atomic E-state index is -5.01. The Kier molecular flexibility index (Phi) is 8.52. The van der Waals surface area contributed by atoms with Crippen molar-refractivity contribution in [1.29, 1.82) is 0 Å². The molecule has 1 aromatic heterocycles. The first-order valence-corrected chi connectivity index (χ1v) is 12.1. The van der Waals surface area contributed by atoms with E-state index in [0.29, 0.717) is 19.4 Å². The molecule has 3 aromatic rings. The summed E-state index contributed by atoms with van der Waals surface area (Å²) in [6, 6.07) is 9.50. The standard InChI is InChI=1S/C24H22F6N4O5S/c1-13-6-4-5-7-16(13)33(19(36)12-34(21(37)38)22(2,3)23(25,26)27)11-18(35)32-20-31-15-9-8-14(10-17(15)40-20)39-24(28,29)30/h4-10H,11-12H2,1-3H3,(H,37,38)(H,31,32,35). The topological polar surface area (TPSA) is 112 Å². The van der Waals surface area contributed by atoms with Crippen molar-refractivity contribution in [3.8, 4) is 5.75 Å². The van der Waals surface area contributed by atoms with E-state index in [1.165, 1.54) is 18.2 Å². The molecule has 2 N–H and O–H groups in total. The van der Waals surface area contributed by atoms with Gasteiger partial charge < -0.3 is 20.1 Å². The van der Waals surface area contributed by atoms with Crippen molar-refractivity contribution >= 4 is 50.3 Å². The maximum absolute atomic E-state index is 13.6. The van der Waals surface area contributed by atoms with Gasteiger partial charge >= 0.3 is 18.6 Å². The van der Waals surface area contributed by atoms with Crippen molar-refractivity contribution in [2.75, 3.05) is 23.3 Å². The number of alkyl halides is 6. The second-order valence-corrected chi connectivity index (χ2v) is 9.97. The van der Waals surface area contributed by atoms with E-state index in [-0.39, 0.29) is 25.9 Å². The van der Waals surface area contributed by atoms with Crippen LogP contribution in [0, 0.1) is 6.92 Å². The number of benzene rings is 2. The monoisotopic (exact) mass is 592 g/mol. The van der Waals surface area contributed by atoms with Crippen molar-refractivity contribution in [1.82, 2.24) is 9.88 Å². The molecule has 16 heteroatoms. The zero-order valence-electron chi connectivity index (χ0n) is 21.1. The van der Waals surface area contributed by atoms with Gasteiger partial charge in [0.2, 0.25) is 11.8 Å². The van der Waals surface area contributed by atoms with Gasteiger partial charge in [0.15, 0.2) is 5.13 Å². The molecule has 216 valence electrons. The number of hydrogen-bond donors (Lipinski definition) is 2. The number of fused-ring (bicyclic) bond motifs is 1. The second-order valence-electron chi connectivity index (χ2n) is 8.94. The van der Waals surface area contributed by atoms with E-state index in [4.69, 9.17) is 0 Å². The van der Waals surface area contributed by atoms with E-state index in [1.54, 1.807) is 19.1 Å². The summed E-state index contributed by atoms with van der Waals surface area (Å²) in [5.41, 5.74) is -2.06. The third-order valence-electron chi connectivity index (χ3n) is 5.74. The van der Waals surface area contributed by atoms with E-state index in [0.717, 1.165) is 28.4 Å². The Morgan fingerprint density at radius 2 is 1.68 bits per heavy atom. The first-order valence-electron chi connectivity index (χ1n) is 11.3. The first kappa shape index (κ1) is 30.5. The molecule has 9 nitrogen and oxygen atoms in total. The molecule has 0 saturated heterocycles. The van der Waals surface area contributed by atoms with Gasteiger partial charge in [0.05, 0.1) is 10.2 Å². The van der Waals surface area contributed by atoms with Crippen LogP contribution in [0.15, 0.2) is 42.5 Å². The number of aromatic nitrogens is 1. The van der Waals surface area contributed by atoms with Crippen LogP contribution in [-0.4, -0.2) is 64.1 Å². The zero-order valence-corrected chi connectivity index (χ0v) is 21.9. The third-order valence-corrected chi connectivity index (χ3v) is 6.68. The highest BCUT2D eigenvalue weighted by atomic mass is 32.1. The average Bonchev–Trinajstić information content (AvgIpc) is 3.20. The van der Waals surface area contributed by atoms with E-state index in [1.807, 2.05) is 0 Å². The van der Waals surface area contributed by atoms with E-state index in [2.05, 4.69) is 15.0 Å². The first-order chi connectivity index (χ1) is 18.4. The zero-order chi connectivity index (χ0) is 30.0. The van der Waals surface area contributed by atoms with Gasteiger partial charge in [-0.3, -0.25) is 14.5 Å². The molecule has 0 atom stereocenters. The summed E-state index contributed by atoms with van der Waals surface area (Å²) in [4.78, 5) is 42.7. The molecule has 0 fully saturated rings. The van der Waals surface area contributed by atoms with Crippen LogP contribution >= 0.6 is 11.3 Å². The number of carbonyl (C=O) groups excluding carboxylic acids is 2. The van der Waals surface area contributed by atoms with Gasteiger partial charge in [0, 0.05) is 11.8 Å². The van der Waals surface area contributed by atoms with Gasteiger partial charge in [-0.05, 0) is 44.5 Å². The summed E-state index contributed by atoms with van der Waals surface area (Å²) in [5.74, 6) is -2.45. The molecule has 40 heavy (non-hydrogen) atoms. The lowest BCUT2D eigenvalue weighted by Crippen LogP contribution is -2.59. The second kappa shape index (κ2) is 11.2. The van der Waals surface area contributed by atoms with Gasteiger partial charge in [-0.25, -0.2) is 9.78 Å². The molecule has 0 saturated carbocycles. The Hall–Kier alpha value is -4.08. The fraction of sp³-hybridized carbons (Fsp3) is 0.333. The Bertz CT molecular complexity index is 1420. The largest absolute Gasteiger partial charge is 0.573 e. The Morgan fingerprint density at radius 1 is 1.02 bits per heavy atom. The highest BCUT2D eigenvalue weighted by molar-refractivity contribution is 7.22. The number of para-hydroxylation sites is 1. The number of amides is 3. The van der Waals surface area contributed by atoms with Crippen molar-refractivity contribution in [2.45, 2.75) is 38.8 Å². The molecular weight excluding hydrogens is 570 g/mol. The number of aryl methyl sites for hydroxylation is 1. The van der Waals surface area contributed by atoms with Crippen LogP contribution in [0.25, 0.3) is 10.2 Å². The molecule has 0 spiro atoms. The predicted molar refractivity (Wildman–Crippen MR) is 133 cm³/mol. The lowest BCUT2D eigenvalue weighted by atomic mass is 10.0. The number of ether oxygens (including phenoxy) is 1. The highest BCUT2D eigenvalue weighted by Gasteiger charge is 2.54. The summed E-state index contributed by atoms with van der Waals surface area (Å²) >= 11 is 0.816. The fourth-order valence-electron chi connectivity index (χ4n) is 3.51. The summed E-state index contributed by atoms with van der Waals surface area (Å²) in [6.07, 6.45) is -11.9. The third kappa shape index (κ3) is 7.11. The van der Waals surface area contributed by atoms with Crippen LogP contribution in [0.1, 0.15) is 19.4 Å². The summed E-state index contributed by atoms with van der Waals surface area (Å²) in [5, 5.41) is 11.8. The Labute approximate surface area is 226 Å². The molecule has 3 rings (SSSR count). The molecule has 0 aliphatic heterocycles. The molecule has 0 aliphatic carbocycles. The molecule has 2 aromatic carbocycles. The number of halogens is 6. The molecular formula is C24H22F6N4O5S. The van der Waals surface area contributed by atoms with Gasteiger partial charge in [-0.1, -0.05) is 29.5 Å². The normalized spacial score (nSPS) is 12.2. The lowest BCUT2D eigenvalue weighted by molar-refractivity contribution is -0.274. The minimum Gasteiger partial charge on any atom is -0.465 e. The fourth-order valence-corrected chi connectivity index (χ4v) is 4.42. The minimum absolute atomic E-state index is 0.0355. The predicted octanol–water partition coefficient (Wildman–Crippen LogP) is 5.80. The van der Waals surface area contributed by atoms with Crippen molar-refractivity contribution < 1.29 is 50.6 Å². The van der Waals surface area contributed by atoms with Crippen molar-refractivity contribution in [3.63, 3.8) is 0 Å². The molecule has 3 amide bonds. The lowest BCUT2D eigenvalue weighted by Gasteiger charge is -2.38. The van der Waals surface area contributed by atoms with Crippen LogP contribution in [0.5, 0.6) is 5.75 Å². The summed E-state index contributed by atoms with van der Waals surface area (Å²) < 4.78 is 82.3. The quantitative estimate of drug-likeness (QED) is 0.320. The van der Waals surface area contributed by atoms with Gasteiger partial charge in [0.1, 0.15) is 24.4 Å². The number of anilines is 2. The number of rotatable bonds is 8. The summed E-state index contributed by atoms with van der Waals surface area (Å²) in [6.45, 7) is 0.847. The van der Waals surface area contributed by atoms with Crippen LogP contribution < -0.4 is 15.0 Å². The average molecular weight is 593 g/mol. The SMILES string of the molecule is Cc1ccccc1N(CC(=O)Nc1nc2ccc(OC(F)(F)F)cc2s1)C(=O)CN(C(=O)O)C(C)(C)C(F)(F)F. The smallest absolute Gasteiger partial charge is 0.465 e. The highest BCUT2D eigenvalue weighted by Crippen LogP contribution is 2.35. The molecule has 0 bridgehead atoms. The van der Waals surface area contributed by atoms with Crippen LogP contribution in [0.3, 0.4) is 0 Å². The van der Waals surface area contributed by atoms with E-state index < -0.39 is 54.8 Å². The molecule has 0 aliphatic rings. The van der Waals surface area contributed by atoms with Crippen LogP contribution in [0.4, 0.5) is 42.0 Å². The Balaban J connectivity index is 1.86. The number of carbonyl (C=O) groups is 3. The van der Waals surface area contributed by atoms with Gasteiger partial charge in [0.25, 0.3) is 0 Å². The maximum atomic E-state index is 13.6. The Morgan fingerprint density at radius 3 is 2.25 bits per heavy atom. The number of carboxylic acid groups (broad SMARTS) is 1. The molecule has 0 radical (unpaired) electrons. The number of nitrogens with one attached hydrogen (secondary N) is 1. The van der Waals surface area contributed by atoms with Crippen LogP contribution in [-0.2, 0) is 9.59 Å². The van der Waals surface area contributed by atoms with Crippen LogP contribution in [0.2, 0.25) is 0 Å². The van der Waals surface area contributed by atoms with Crippen molar-refractivity contribution in [3.05, 3.63) is 48.0 Å². The molecule has 0 unspecified atom stereocenters. The summed E-state index contributed by atoms with van der Waals surface area (Å²) in [7, 11) is 0. The van der Waals surface area contributed by atoms with E-state index in [9.17, 15) is 45.8 Å². The van der Waals surface area contributed by atoms with Crippen molar-refractivity contribution in [2.24, 2.45) is 0 Å². The van der Waals surface area contributed by atoms with Gasteiger partial charge in [-0.15, -0.1) is 13.2 Å². The number of thiazole rings is 1. The van der Waals surface area contributed by atoms with Gasteiger partial charge in [-0.2, -0.15) is 13.2 Å². The number of nitrogens with zero attached hydrogens (tertiary/aromatic N) is 3. The number of hydrogen-bond acceptors (Lipinski definition) is 6. The van der Waals surface area contributed by atoms with E-state index >= 15 is 0 Å².